The van der Waals surface area contributed by atoms with Crippen LogP contribution in [0.2, 0.25) is 0 Å². The van der Waals surface area contributed by atoms with Crippen LogP contribution in [-0.2, 0) is 21.2 Å². The Kier molecular flexibility index (Phi) is 6.05. The monoisotopic (exact) mass is 402 g/mol. The van der Waals surface area contributed by atoms with E-state index in [2.05, 4.69) is 12.2 Å². The molecule has 0 unspecified atom stereocenters. The summed E-state index contributed by atoms with van der Waals surface area (Å²) >= 11 is 0. The number of amides is 1. The van der Waals surface area contributed by atoms with Crippen LogP contribution in [0, 0.1) is 6.92 Å². The number of methoxy groups -OCH3 is 1. The standard InChI is InChI=1S/C21H26N2O4S/c1-4-16-8-10-17(11-9-16)22-21(24)19-6-5-13-23(19)28(25,26)20-14-18(27-3)12-7-15(20)2/h7-12,14,19H,4-6,13H2,1-3H3,(H,22,24)/t19-/m1/s1. The predicted molar refractivity (Wildman–Crippen MR) is 109 cm³/mol. The second kappa shape index (κ2) is 8.32. The molecule has 0 saturated carbocycles. The van der Waals surface area contributed by atoms with Crippen LogP contribution in [0.3, 0.4) is 0 Å². The molecule has 0 radical (unpaired) electrons. The highest BCUT2D eigenvalue weighted by atomic mass is 32.2. The number of carbonyl (C=O) groups excluding carboxylic acids is 1. The quantitative estimate of drug-likeness (QED) is 0.804. The zero-order valence-electron chi connectivity index (χ0n) is 16.4. The van der Waals surface area contributed by atoms with Gasteiger partial charge >= 0.3 is 0 Å². The third kappa shape index (κ3) is 4.05. The van der Waals surface area contributed by atoms with Gasteiger partial charge in [0.15, 0.2) is 0 Å². The molecule has 0 aromatic heterocycles. The molecule has 1 fully saturated rings. The van der Waals surface area contributed by atoms with Gasteiger partial charge in [-0.3, -0.25) is 4.79 Å². The average molecular weight is 403 g/mol. The van der Waals surface area contributed by atoms with Crippen molar-refractivity contribution in [3.05, 3.63) is 53.6 Å². The van der Waals surface area contributed by atoms with Gasteiger partial charge < -0.3 is 10.1 Å². The summed E-state index contributed by atoms with van der Waals surface area (Å²) in [5, 5.41) is 2.86. The fraction of sp³-hybridized carbons (Fsp3) is 0.381. The van der Waals surface area contributed by atoms with E-state index in [1.807, 2.05) is 24.3 Å². The molecule has 6 nitrogen and oxygen atoms in total. The first-order chi connectivity index (χ1) is 13.4. The van der Waals surface area contributed by atoms with Gasteiger partial charge in [0.25, 0.3) is 0 Å². The molecule has 2 aromatic carbocycles. The van der Waals surface area contributed by atoms with Crippen molar-refractivity contribution in [3.63, 3.8) is 0 Å². The van der Waals surface area contributed by atoms with Crippen molar-refractivity contribution in [2.24, 2.45) is 0 Å². The van der Waals surface area contributed by atoms with E-state index in [0.29, 0.717) is 36.4 Å². The Morgan fingerprint density at radius 3 is 2.57 bits per heavy atom. The van der Waals surface area contributed by atoms with Crippen molar-refractivity contribution in [1.29, 1.82) is 0 Å². The van der Waals surface area contributed by atoms with Crippen LogP contribution < -0.4 is 10.1 Å². The highest BCUT2D eigenvalue weighted by molar-refractivity contribution is 7.89. The molecule has 150 valence electrons. The van der Waals surface area contributed by atoms with Gasteiger partial charge in [0.1, 0.15) is 11.8 Å². The number of rotatable bonds is 6. The van der Waals surface area contributed by atoms with Crippen molar-refractivity contribution in [1.82, 2.24) is 4.31 Å². The molecular weight excluding hydrogens is 376 g/mol. The summed E-state index contributed by atoms with van der Waals surface area (Å²) in [6.45, 7) is 4.13. The zero-order valence-corrected chi connectivity index (χ0v) is 17.3. The first-order valence-corrected chi connectivity index (χ1v) is 10.9. The molecule has 1 heterocycles. The fourth-order valence-corrected chi connectivity index (χ4v) is 5.35. The molecule has 7 heteroatoms. The van der Waals surface area contributed by atoms with Crippen LogP contribution in [0.25, 0.3) is 0 Å². The molecular formula is C21H26N2O4S. The molecule has 1 aliphatic rings. The molecule has 0 aliphatic carbocycles. The third-order valence-electron chi connectivity index (χ3n) is 5.12. The molecule has 1 N–H and O–H groups in total. The van der Waals surface area contributed by atoms with Gasteiger partial charge in [-0.25, -0.2) is 8.42 Å². The number of nitrogens with zero attached hydrogens (tertiary/aromatic N) is 1. The van der Waals surface area contributed by atoms with Crippen LogP contribution in [0.4, 0.5) is 5.69 Å². The number of aryl methyl sites for hydroxylation is 2. The first kappa shape index (κ1) is 20.4. The fourth-order valence-electron chi connectivity index (χ4n) is 3.45. The minimum atomic E-state index is -3.81. The van der Waals surface area contributed by atoms with Crippen LogP contribution in [-0.4, -0.2) is 38.3 Å². The Morgan fingerprint density at radius 1 is 1.21 bits per heavy atom. The average Bonchev–Trinajstić information content (AvgIpc) is 3.20. The van der Waals surface area contributed by atoms with Gasteiger partial charge in [-0.1, -0.05) is 25.1 Å². The van der Waals surface area contributed by atoms with Crippen LogP contribution in [0.15, 0.2) is 47.4 Å². The van der Waals surface area contributed by atoms with E-state index in [9.17, 15) is 13.2 Å². The molecule has 2 aromatic rings. The van der Waals surface area contributed by atoms with Gasteiger partial charge in [-0.2, -0.15) is 4.31 Å². The summed E-state index contributed by atoms with van der Waals surface area (Å²) in [7, 11) is -2.31. The van der Waals surface area contributed by atoms with Crippen LogP contribution in [0.1, 0.15) is 30.9 Å². The normalized spacial score (nSPS) is 17.5. The van der Waals surface area contributed by atoms with Gasteiger partial charge in [-0.05, 0) is 55.5 Å². The Hall–Kier alpha value is -2.38. The van der Waals surface area contributed by atoms with Crippen molar-refractivity contribution in [2.75, 3.05) is 19.0 Å². The number of ether oxygens (including phenoxy) is 1. The Bertz CT molecular complexity index is 955. The van der Waals surface area contributed by atoms with E-state index in [-0.39, 0.29) is 10.8 Å². The molecule has 0 spiro atoms. The molecule has 0 bridgehead atoms. The number of anilines is 1. The Labute approximate surface area is 166 Å². The van der Waals surface area contributed by atoms with E-state index in [1.54, 1.807) is 19.1 Å². The van der Waals surface area contributed by atoms with Gasteiger partial charge in [0.05, 0.1) is 12.0 Å². The SMILES string of the molecule is CCc1ccc(NC(=O)[C@H]2CCCN2S(=O)(=O)c2cc(OC)ccc2C)cc1. The molecule has 1 aliphatic heterocycles. The Balaban J connectivity index is 1.84. The number of carbonyl (C=O) groups is 1. The van der Waals surface area contributed by atoms with E-state index < -0.39 is 16.1 Å². The third-order valence-corrected chi connectivity index (χ3v) is 7.17. The molecule has 1 amide bonds. The number of benzene rings is 2. The lowest BCUT2D eigenvalue weighted by atomic mass is 10.1. The zero-order chi connectivity index (χ0) is 20.3. The largest absolute Gasteiger partial charge is 0.497 e. The second-order valence-electron chi connectivity index (χ2n) is 6.94. The van der Waals surface area contributed by atoms with Gasteiger partial charge in [0.2, 0.25) is 15.9 Å². The summed E-state index contributed by atoms with van der Waals surface area (Å²) < 4.78 is 33.0. The van der Waals surface area contributed by atoms with E-state index in [0.717, 1.165) is 6.42 Å². The maximum atomic E-state index is 13.3. The van der Waals surface area contributed by atoms with Crippen molar-refractivity contribution in [3.8, 4) is 5.75 Å². The maximum Gasteiger partial charge on any atom is 0.244 e. The number of sulfonamides is 1. The summed E-state index contributed by atoms with van der Waals surface area (Å²) in [5.74, 6) is 0.172. The van der Waals surface area contributed by atoms with E-state index in [4.69, 9.17) is 4.74 Å². The molecule has 1 atom stereocenters. The van der Waals surface area contributed by atoms with Crippen molar-refractivity contribution < 1.29 is 17.9 Å². The summed E-state index contributed by atoms with van der Waals surface area (Å²) in [6, 6.07) is 11.8. The summed E-state index contributed by atoms with van der Waals surface area (Å²) in [5.41, 5.74) is 2.47. The molecule has 3 rings (SSSR count). The number of nitrogens with one attached hydrogen (secondary N) is 1. The smallest absolute Gasteiger partial charge is 0.244 e. The molecule has 28 heavy (non-hydrogen) atoms. The second-order valence-corrected chi connectivity index (χ2v) is 8.80. The summed E-state index contributed by atoms with van der Waals surface area (Å²) in [4.78, 5) is 13.0. The van der Waals surface area contributed by atoms with Gasteiger partial charge in [-0.15, -0.1) is 0 Å². The predicted octanol–water partition coefficient (Wildman–Crippen LogP) is 3.36. The van der Waals surface area contributed by atoms with Crippen molar-refractivity contribution >= 4 is 21.6 Å². The molecule has 1 saturated heterocycles. The van der Waals surface area contributed by atoms with E-state index >= 15 is 0 Å². The maximum absolute atomic E-state index is 13.3. The highest BCUT2D eigenvalue weighted by Gasteiger charge is 2.40. The number of hydrogen-bond acceptors (Lipinski definition) is 4. The minimum Gasteiger partial charge on any atom is -0.497 e. The lowest BCUT2D eigenvalue weighted by Gasteiger charge is -2.24. The van der Waals surface area contributed by atoms with Crippen molar-refractivity contribution in [2.45, 2.75) is 44.0 Å². The highest BCUT2D eigenvalue weighted by Crippen LogP contribution is 2.30. The minimum absolute atomic E-state index is 0.179. The first-order valence-electron chi connectivity index (χ1n) is 9.43. The summed E-state index contributed by atoms with van der Waals surface area (Å²) in [6.07, 6.45) is 2.07. The van der Waals surface area contributed by atoms with Crippen LogP contribution >= 0.6 is 0 Å². The van der Waals surface area contributed by atoms with Crippen LogP contribution in [0.5, 0.6) is 5.75 Å². The topological polar surface area (TPSA) is 75.7 Å². The number of hydrogen-bond donors (Lipinski definition) is 1. The Morgan fingerprint density at radius 2 is 1.93 bits per heavy atom. The van der Waals surface area contributed by atoms with E-state index in [1.165, 1.54) is 23.0 Å². The lowest BCUT2D eigenvalue weighted by Crippen LogP contribution is -2.43. The van der Waals surface area contributed by atoms with Gasteiger partial charge in [0, 0.05) is 18.3 Å². The lowest BCUT2D eigenvalue weighted by molar-refractivity contribution is -0.119.